The van der Waals surface area contributed by atoms with Crippen LogP contribution in [0.1, 0.15) is 0 Å². The van der Waals surface area contributed by atoms with E-state index < -0.39 is 0 Å². The minimum atomic E-state index is 0. The van der Waals surface area contributed by atoms with Gasteiger partial charge in [0.05, 0.1) is 0 Å². The predicted octanol–water partition coefficient (Wildman–Crippen LogP) is -0.279. The zero-order chi connectivity index (χ0) is 2.00. The summed E-state index contributed by atoms with van der Waals surface area (Å²) in [6.07, 6.45) is 0. The fourth-order valence-electron chi connectivity index (χ4n) is 0. The first kappa shape index (κ1) is 28.0. The largest absolute Gasteiger partial charge is 0.545 e. The van der Waals surface area contributed by atoms with Crippen LogP contribution in [-0.4, -0.2) is 6.79 Å². The number of hydrogen-bond donors (Lipinski definition) is 0. The van der Waals surface area contributed by atoms with Crippen molar-refractivity contribution in [3.05, 3.63) is 0 Å². The van der Waals surface area contributed by atoms with E-state index in [2.05, 4.69) is 6.79 Å². The molecule has 5 heavy (non-hydrogen) atoms. The fraction of sp³-hybridized carbons (Fsp3) is 0. The summed E-state index contributed by atoms with van der Waals surface area (Å²) in [6.45, 7) is 3.25. The Bertz CT molecular complexity index is 11.6. The van der Waals surface area contributed by atoms with Crippen molar-refractivity contribution in [3.63, 3.8) is 0 Å². The zero-order valence-electron chi connectivity index (χ0n) is 2.34. The number of carbonyl (C=O) groups excluding carboxylic acids is 1. The van der Waals surface area contributed by atoms with Crippen LogP contribution in [0.4, 0.5) is 0 Å². The predicted molar refractivity (Wildman–Crippen MR) is 6.75 cm³/mol. The SMILES string of the molecule is [CH-]=O.[U].[V].[W]. The van der Waals surface area contributed by atoms with Crippen molar-refractivity contribution in [1.29, 1.82) is 0 Å². The molecule has 0 aromatic heterocycles. The van der Waals surface area contributed by atoms with E-state index in [1.165, 1.54) is 0 Å². The Morgan fingerprint density at radius 1 is 1.20 bits per heavy atom. The molecule has 0 heterocycles. The third kappa shape index (κ3) is 24.0. The van der Waals surface area contributed by atoms with Gasteiger partial charge in [0.1, 0.15) is 0 Å². The summed E-state index contributed by atoms with van der Waals surface area (Å²) in [5.74, 6) is 0. The average molecular weight is 502 g/mol. The summed E-state index contributed by atoms with van der Waals surface area (Å²) < 4.78 is 0. The molecule has 27 valence electrons. The molecule has 0 saturated carbocycles. The number of rotatable bonds is 0. The molecule has 4 heteroatoms. The van der Waals surface area contributed by atoms with E-state index in [-0.39, 0.29) is 70.7 Å². The van der Waals surface area contributed by atoms with Gasteiger partial charge in [-0.15, -0.1) is 0 Å². The van der Waals surface area contributed by atoms with Gasteiger partial charge in [0.25, 0.3) is 0 Å². The summed E-state index contributed by atoms with van der Waals surface area (Å²) in [4.78, 5) is 7.75. The van der Waals surface area contributed by atoms with E-state index in [0.717, 1.165) is 0 Å². The topological polar surface area (TPSA) is 17.1 Å². The average Bonchev–Trinajstić information content (AvgIpc) is 1.00. The van der Waals surface area contributed by atoms with Crippen molar-refractivity contribution in [2.45, 2.75) is 0 Å². The van der Waals surface area contributed by atoms with E-state index in [9.17, 15) is 0 Å². The summed E-state index contributed by atoms with van der Waals surface area (Å²) in [6, 6.07) is 0. The third-order valence-electron chi connectivity index (χ3n) is 0. The van der Waals surface area contributed by atoms with Gasteiger partial charge in [-0.05, 0) is 0 Å². The molecule has 0 spiro atoms. The molecule has 0 N–H and O–H groups in total. The molecule has 0 rings (SSSR count). The van der Waals surface area contributed by atoms with Crippen molar-refractivity contribution in [1.82, 2.24) is 0 Å². The first-order valence-electron chi connectivity index (χ1n) is 0.236. The molecule has 0 aliphatic heterocycles. The van der Waals surface area contributed by atoms with E-state index in [1.807, 2.05) is 0 Å². The Morgan fingerprint density at radius 2 is 1.20 bits per heavy atom. The van der Waals surface area contributed by atoms with Crippen LogP contribution in [0.15, 0.2) is 0 Å². The van der Waals surface area contributed by atoms with Gasteiger partial charge in [0, 0.05) is 70.7 Å². The minimum absolute atomic E-state index is 0. The van der Waals surface area contributed by atoms with E-state index in [4.69, 9.17) is 4.79 Å². The van der Waals surface area contributed by atoms with Gasteiger partial charge in [-0.3, -0.25) is 6.79 Å². The second kappa shape index (κ2) is 37.6. The molecule has 0 atom stereocenters. The van der Waals surface area contributed by atoms with Gasteiger partial charge >= 0.3 is 0 Å². The smallest absolute Gasteiger partial charge is 0 e. The standard InChI is InChI=1S/CHO.U.V.W/c1-2;;;/h1H;;;/q-1;;;. The maximum Gasteiger partial charge on any atom is 0 e. The molecule has 0 aromatic rings. The van der Waals surface area contributed by atoms with Crippen LogP contribution in [0, 0.1) is 31.1 Å². The monoisotopic (exact) mass is 502 g/mol. The first-order valence-corrected chi connectivity index (χ1v) is 0.236. The van der Waals surface area contributed by atoms with Crippen molar-refractivity contribution in [2.75, 3.05) is 0 Å². The van der Waals surface area contributed by atoms with Crippen LogP contribution in [0.5, 0.6) is 0 Å². The molecule has 0 unspecified atom stereocenters. The summed E-state index contributed by atoms with van der Waals surface area (Å²) in [5, 5.41) is 0. The second-order valence-electron chi connectivity index (χ2n) is 0. The third-order valence-corrected chi connectivity index (χ3v) is 0. The molecular weight excluding hydrogens is 501 g/mol. The van der Waals surface area contributed by atoms with Gasteiger partial charge in [0.2, 0.25) is 0 Å². The maximum atomic E-state index is 7.75. The maximum absolute atomic E-state index is 7.75. The van der Waals surface area contributed by atoms with Crippen LogP contribution < -0.4 is 0 Å². The summed E-state index contributed by atoms with van der Waals surface area (Å²) in [5.41, 5.74) is 0. The van der Waals surface area contributed by atoms with Gasteiger partial charge < -0.3 is 4.79 Å². The molecule has 0 aromatic carbocycles. The molecular formula is CHOUVW-. The molecule has 0 amide bonds. The number of hydrogen-bond acceptors (Lipinski definition) is 1. The zero-order valence-corrected chi connectivity index (χ0v) is 10.8. The van der Waals surface area contributed by atoms with Crippen LogP contribution >= 0.6 is 0 Å². The molecule has 0 aliphatic rings. The Morgan fingerprint density at radius 3 is 1.20 bits per heavy atom. The van der Waals surface area contributed by atoms with Gasteiger partial charge in [-0.2, -0.15) is 0 Å². The second-order valence-corrected chi connectivity index (χ2v) is 0. The normalized spacial score (nSPS) is 0.800. The van der Waals surface area contributed by atoms with Crippen LogP contribution in [0.3, 0.4) is 0 Å². The van der Waals surface area contributed by atoms with E-state index in [0.29, 0.717) is 0 Å². The van der Waals surface area contributed by atoms with Gasteiger partial charge in [0.15, 0.2) is 0 Å². The van der Waals surface area contributed by atoms with Crippen LogP contribution in [0.25, 0.3) is 0 Å². The van der Waals surface area contributed by atoms with Crippen molar-refractivity contribution >= 4 is 6.79 Å². The van der Waals surface area contributed by atoms with Crippen LogP contribution in [0.2, 0.25) is 0 Å². The molecule has 1 radical (unpaired) electrons. The van der Waals surface area contributed by atoms with Gasteiger partial charge in [-0.1, -0.05) is 0 Å². The Kier molecular flexibility index (Phi) is 211. The fourth-order valence-corrected chi connectivity index (χ4v) is 0. The van der Waals surface area contributed by atoms with E-state index in [1.54, 1.807) is 0 Å². The van der Waals surface area contributed by atoms with Gasteiger partial charge in [-0.25, -0.2) is 0 Å². The Hall–Kier alpha value is 1.99. The van der Waals surface area contributed by atoms with Crippen molar-refractivity contribution in [3.8, 4) is 0 Å². The molecule has 0 fully saturated rings. The van der Waals surface area contributed by atoms with Crippen molar-refractivity contribution < 1.29 is 75.5 Å². The molecule has 1 nitrogen and oxygen atoms in total. The minimum Gasteiger partial charge on any atom is -0.545 e. The summed E-state index contributed by atoms with van der Waals surface area (Å²) >= 11 is 0. The Labute approximate surface area is 81.2 Å². The van der Waals surface area contributed by atoms with Crippen molar-refractivity contribution in [2.24, 2.45) is 0 Å². The quantitative estimate of drug-likeness (QED) is 0.330. The summed E-state index contributed by atoms with van der Waals surface area (Å²) in [7, 11) is 0. The molecule has 0 saturated heterocycles. The van der Waals surface area contributed by atoms with Crippen LogP contribution in [-0.2, 0) is 44.4 Å². The molecule has 0 bridgehead atoms. The van der Waals surface area contributed by atoms with E-state index >= 15 is 0 Å². The first-order chi connectivity index (χ1) is 1.00. The Balaban J connectivity index is -0.00000000167. The molecule has 0 aliphatic carbocycles.